The van der Waals surface area contributed by atoms with Gasteiger partial charge in [0, 0.05) is 43.5 Å². The smallest absolute Gasteiger partial charge is 0.387 e. The van der Waals surface area contributed by atoms with Gasteiger partial charge in [-0.15, -0.1) is 0 Å². The van der Waals surface area contributed by atoms with Gasteiger partial charge in [-0.2, -0.15) is 13.9 Å². The van der Waals surface area contributed by atoms with Crippen LogP contribution in [0.2, 0.25) is 0 Å². The SMILES string of the molecule is COc1cccc2c1OC1(CCN(C)CC1)N1N=C(c3ccccc3OC(F)F)C[C@H]21. The molecule has 3 heterocycles. The molecule has 8 heteroatoms. The van der Waals surface area contributed by atoms with Gasteiger partial charge in [0.2, 0.25) is 5.72 Å². The van der Waals surface area contributed by atoms with E-state index in [0.29, 0.717) is 17.7 Å². The number of para-hydroxylation sites is 2. The molecule has 0 amide bonds. The minimum atomic E-state index is -2.89. The molecule has 6 nitrogen and oxygen atoms in total. The highest BCUT2D eigenvalue weighted by Gasteiger charge is 2.52. The molecule has 1 fully saturated rings. The number of halogens is 2. The second-order valence-electron chi connectivity index (χ2n) is 8.22. The van der Waals surface area contributed by atoms with Crippen LogP contribution in [-0.2, 0) is 0 Å². The number of hydrogen-bond donors (Lipinski definition) is 0. The Morgan fingerprint density at radius 1 is 1.10 bits per heavy atom. The molecule has 1 atom stereocenters. The van der Waals surface area contributed by atoms with E-state index in [1.807, 2.05) is 24.3 Å². The predicted molar refractivity (Wildman–Crippen MR) is 112 cm³/mol. The molecule has 0 radical (unpaired) electrons. The zero-order valence-corrected chi connectivity index (χ0v) is 17.6. The third kappa shape index (κ3) is 3.39. The van der Waals surface area contributed by atoms with Crippen LogP contribution in [0.4, 0.5) is 8.78 Å². The van der Waals surface area contributed by atoms with Gasteiger partial charge >= 0.3 is 6.61 Å². The molecular weight excluding hydrogens is 404 g/mol. The number of alkyl halides is 2. The van der Waals surface area contributed by atoms with Crippen molar-refractivity contribution in [2.75, 3.05) is 27.2 Å². The van der Waals surface area contributed by atoms with Crippen LogP contribution in [0.3, 0.4) is 0 Å². The van der Waals surface area contributed by atoms with Crippen molar-refractivity contribution < 1.29 is 23.0 Å². The van der Waals surface area contributed by atoms with Gasteiger partial charge in [0.1, 0.15) is 5.75 Å². The van der Waals surface area contributed by atoms with Gasteiger partial charge < -0.3 is 19.1 Å². The van der Waals surface area contributed by atoms with Crippen molar-refractivity contribution in [1.82, 2.24) is 9.91 Å². The van der Waals surface area contributed by atoms with Gasteiger partial charge in [-0.05, 0) is 25.2 Å². The Morgan fingerprint density at radius 2 is 1.84 bits per heavy atom. The van der Waals surface area contributed by atoms with Gasteiger partial charge in [0.05, 0.1) is 18.9 Å². The van der Waals surface area contributed by atoms with Gasteiger partial charge in [-0.25, -0.2) is 5.01 Å². The molecule has 0 bridgehead atoms. The third-order valence-electron chi connectivity index (χ3n) is 6.39. The van der Waals surface area contributed by atoms with Gasteiger partial charge in [-0.1, -0.05) is 24.3 Å². The monoisotopic (exact) mass is 429 g/mol. The van der Waals surface area contributed by atoms with Crippen molar-refractivity contribution in [3.8, 4) is 17.2 Å². The van der Waals surface area contributed by atoms with E-state index in [2.05, 4.69) is 17.0 Å². The Balaban J connectivity index is 1.59. The lowest BCUT2D eigenvalue weighted by Crippen LogP contribution is -2.58. The number of piperidine rings is 1. The Bertz CT molecular complexity index is 1010. The van der Waals surface area contributed by atoms with E-state index in [9.17, 15) is 8.78 Å². The van der Waals surface area contributed by atoms with Crippen molar-refractivity contribution in [2.24, 2.45) is 5.10 Å². The largest absolute Gasteiger partial charge is 0.493 e. The molecule has 5 rings (SSSR count). The number of ether oxygens (including phenoxy) is 3. The summed E-state index contributed by atoms with van der Waals surface area (Å²) in [6.45, 7) is -1.13. The number of likely N-dealkylation sites (tertiary alicyclic amines) is 1. The number of benzene rings is 2. The standard InChI is InChI=1S/C23H25F2N3O3/c1-27-12-10-23(11-13-27)28-18(16-7-5-9-20(29-2)21(16)31-23)14-17(26-28)15-6-3-4-8-19(15)30-22(24)25/h3-9,18,22H,10-14H2,1-2H3/t18-/m1/s1. The van der Waals surface area contributed by atoms with Crippen LogP contribution in [0.25, 0.3) is 0 Å². The fourth-order valence-electron chi connectivity index (χ4n) is 4.80. The molecule has 0 saturated carbocycles. The van der Waals surface area contributed by atoms with Gasteiger partial charge in [-0.3, -0.25) is 0 Å². The number of methoxy groups -OCH3 is 1. The Labute approximate surface area is 180 Å². The highest BCUT2D eigenvalue weighted by atomic mass is 19.3. The van der Waals surface area contributed by atoms with Crippen molar-refractivity contribution in [3.05, 3.63) is 53.6 Å². The topological polar surface area (TPSA) is 46.5 Å². The van der Waals surface area contributed by atoms with Crippen LogP contribution >= 0.6 is 0 Å². The molecule has 3 aliphatic heterocycles. The minimum absolute atomic E-state index is 0.0585. The summed E-state index contributed by atoms with van der Waals surface area (Å²) in [6, 6.07) is 12.6. The molecule has 164 valence electrons. The number of hydrogen-bond acceptors (Lipinski definition) is 6. The second kappa shape index (κ2) is 7.67. The van der Waals surface area contributed by atoms with E-state index in [1.54, 1.807) is 25.3 Å². The summed E-state index contributed by atoms with van der Waals surface area (Å²) in [5.74, 6) is 1.59. The van der Waals surface area contributed by atoms with E-state index in [0.717, 1.165) is 43.0 Å². The third-order valence-corrected chi connectivity index (χ3v) is 6.39. The Morgan fingerprint density at radius 3 is 2.58 bits per heavy atom. The molecular formula is C23H25F2N3O3. The van der Waals surface area contributed by atoms with E-state index in [4.69, 9.17) is 19.3 Å². The lowest BCUT2D eigenvalue weighted by atomic mass is 9.90. The normalized spacial score (nSPS) is 22.0. The molecule has 31 heavy (non-hydrogen) atoms. The van der Waals surface area contributed by atoms with E-state index in [1.165, 1.54) is 0 Å². The highest BCUT2D eigenvalue weighted by molar-refractivity contribution is 6.04. The summed E-state index contributed by atoms with van der Waals surface area (Å²) >= 11 is 0. The quantitative estimate of drug-likeness (QED) is 0.727. The van der Waals surface area contributed by atoms with Crippen LogP contribution in [0.15, 0.2) is 47.6 Å². The first kappa shape index (κ1) is 20.1. The lowest BCUT2D eigenvalue weighted by Gasteiger charge is -2.50. The van der Waals surface area contributed by atoms with E-state index in [-0.39, 0.29) is 11.8 Å². The zero-order valence-electron chi connectivity index (χ0n) is 17.6. The van der Waals surface area contributed by atoms with Crippen LogP contribution in [0.5, 0.6) is 17.2 Å². The van der Waals surface area contributed by atoms with Gasteiger partial charge in [0.25, 0.3) is 0 Å². The summed E-state index contributed by atoms with van der Waals surface area (Å²) in [5, 5.41) is 7.00. The number of fused-ring (bicyclic) bond motifs is 4. The van der Waals surface area contributed by atoms with E-state index < -0.39 is 12.3 Å². The molecule has 2 aromatic carbocycles. The minimum Gasteiger partial charge on any atom is -0.493 e. The summed E-state index contributed by atoms with van der Waals surface area (Å²) in [4.78, 5) is 2.27. The first-order valence-electron chi connectivity index (χ1n) is 10.5. The molecule has 2 aromatic rings. The second-order valence-corrected chi connectivity index (χ2v) is 8.22. The molecule has 0 unspecified atom stereocenters. The van der Waals surface area contributed by atoms with Crippen LogP contribution in [-0.4, -0.2) is 55.2 Å². The number of nitrogens with zero attached hydrogens (tertiary/aromatic N) is 3. The first-order chi connectivity index (χ1) is 15.0. The molecule has 1 spiro atoms. The molecule has 0 aliphatic carbocycles. The summed E-state index contributed by atoms with van der Waals surface area (Å²) in [6.07, 6.45) is 2.14. The predicted octanol–water partition coefficient (Wildman–Crippen LogP) is 4.26. The highest BCUT2D eigenvalue weighted by Crippen LogP contribution is 2.52. The maximum Gasteiger partial charge on any atom is 0.387 e. The summed E-state index contributed by atoms with van der Waals surface area (Å²) in [7, 11) is 3.74. The fraction of sp³-hybridized carbons (Fsp3) is 0.435. The zero-order chi connectivity index (χ0) is 21.6. The maximum absolute atomic E-state index is 13.0. The molecule has 1 saturated heterocycles. The van der Waals surface area contributed by atoms with Crippen molar-refractivity contribution in [2.45, 2.75) is 37.6 Å². The summed E-state index contributed by atoms with van der Waals surface area (Å²) < 4.78 is 43.0. The van der Waals surface area contributed by atoms with Crippen molar-refractivity contribution >= 4 is 5.71 Å². The van der Waals surface area contributed by atoms with Gasteiger partial charge in [0.15, 0.2) is 11.5 Å². The average molecular weight is 429 g/mol. The summed E-state index contributed by atoms with van der Waals surface area (Å²) in [5.41, 5.74) is 1.71. The Hall–Kier alpha value is -2.87. The average Bonchev–Trinajstić information content (AvgIpc) is 3.22. The Kier molecular flexibility index (Phi) is 4.97. The fourth-order valence-corrected chi connectivity index (χ4v) is 4.80. The van der Waals surface area contributed by atoms with Crippen LogP contribution < -0.4 is 14.2 Å². The van der Waals surface area contributed by atoms with E-state index >= 15 is 0 Å². The maximum atomic E-state index is 13.0. The molecule has 3 aliphatic rings. The van der Waals surface area contributed by atoms with Crippen LogP contribution in [0, 0.1) is 0 Å². The number of rotatable bonds is 4. The molecule has 0 N–H and O–H groups in total. The van der Waals surface area contributed by atoms with Crippen LogP contribution in [0.1, 0.15) is 36.4 Å². The lowest BCUT2D eigenvalue weighted by molar-refractivity contribution is -0.148. The van der Waals surface area contributed by atoms with Crippen molar-refractivity contribution in [3.63, 3.8) is 0 Å². The first-order valence-corrected chi connectivity index (χ1v) is 10.5. The molecule has 0 aromatic heterocycles. The number of hydrazone groups is 1. The van der Waals surface area contributed by atoms with Crippen molar-refractivity contribution in [1.29, 1.82) is 0 Å².